The third-order valence-corrected chi connectivity index (χ3v) is 2.45. The fraction of sp³-hybridized carbons (Fsp3) is 1.00. The number of quaternary nitrogens is 1. The van der Waals surface area contributed by atoms with Crippen LogP contribution >= 0.6 is 7.82 Å². The van der Waals surface area contributed by atoms with Crippen LogP contribution in [0.4, 0.5) is 0 Å². The summed E-state index contributed by atoms with van der Waals surface area (Å²) in [5.74, 6) is 0. The number of nitrogens with zero attached hydrogens (tertiary/aromatic N) is 1. The first-order valence-corrected chi connectivity index (χ1v) is 5.91. The van der Waals surface area contributed by atoms with Gasteiger partial charge in [0, 0.05) is 0 Å². The Bertz CT molecular complexity index is 228. The summed E-state index contributed by atoms with van der Waals surface area (Å²) in [6.45, 7) is -0.220. The lowest BCUT2D eigenvalue weighted by Gasteiger charge is -2.24. The second kappa shape index (κ2) is 5.91. The van der Waals surface area contributed by atoms with Crippen LogP contribution in [0.1, 0.15) is 0 Å². The Morgan fingerprint density at radius 2 is 1.93 bits per heavy atom. The average Bonchev–Trinajstić information content (AvgIpc) is 2.00. The molecule has 2 atom stereocenters. The van der Waals surface area contributed by atoms with Crippen LogP contribution < -0.4 is 0 Å². The minimum absolute atomic E-state index is 0.0232. The van der Waals surface area contributed by atoms with E-state index in [-0.39, 0.29) is 6.61 Å². The molecule has 8 heteroatoms. The molecule has 0 radical (unpaired) electrons. The standard InChI is InChI=1S/C7H18NO6P/c1-8(2,3)4-5-13-15(11,12)14-7(10)6-9/h7,9-10H,4-6H2,1-3H3/p+1/t7-/m0/s1. The smallest absolute Gasteiger partial charge is 0.391 e. The van der Waals surface area contributed by atoms with Crippen LogP contribution in [0, 0.1) is 0 Å². The second-order valence-electron chi connectivity index (χ2n) is 4.06. The average molecular weight is 244 g/mol. The van der Waals surface area contributed by atoms with Crippen molar-refractivity contribution < 1.29 is 33.2 Å². The van der Waals surface area contributed by atoms with E-state index in [9.17, 15) is 4.57 Å². The number of phosphoric ester groups is 1. The van der Waals surface area contributed by atoms with Crippen LogP contribution in [0.15, 0.2) is 0 Å². The number of likely N-dealkylation sites (N-methyl/N-ethyl adjacent to an activating group) is 1. The van der Waals surface area contributed by atoms with Gasteiger partial charge >= 0.3 is 7.82 Å². The molecule has 0 aliphatic carbocycles. The summed E-state index contributed by atoms with van der Waals surface area (Å²) in [6, 6.07) is 0. The Hall–Kier alpha value is -0.0100. The van der Waals surface area contributed by atoms with Gasteiger partial charge in [0.25, 0.3) is 0 Å². The molecule has 7 nitrogen and oxygen atoms in total. The number of aliphatic hydroxyl groups is 2. The lowest BCUT2D eigenvalue weighted by molar-refractivity contribution is -0.870. The van der Waals surface area contributed by atoms with E-state index in [1.165, 1.54) is 0 Å². The van der Waals surface area contributed by atoms with Gasteiger partial charge < -0.3 is 19.6 Å². The summed E-state index contributed by atoms with van der Waals surface area (Å²) in [6.07, 6.45) is -1.70. The predicted molar refractivity (Wildman–Crippen MR) is 52.9 cm³/mol. The molecule has 0 saturated heterocycles. The quantitative estimate of drug-likeness (QED) is 0.306. The largest absolute Gasteiger partial charge is 0.474 e. The van der Waals surface area contributed by atoms with Gasteiger partial charge in [0.15, 0.2) is 6.29 Å². The van der Waals surface area contributed by atoms with Gasteiger partial charge in [-0.05, 0) is 0 Å². The van der Waals surface area contributed by atoms with Gasteiger partial charge in [-0.3, -0.25) is 9.05 Å². The third kappa shape index (κ3) is 8.95. The van der Waals surface area contributed by atoms with E-state index in [0.717, 1.165) is 0 Å². The van der Waals surface area contributed by atoms with Gasteiger partial charge in [-0.2, -0.15) is 0 Å². The van der Waals surface area contributed by atoms with Crippen LogP contribution in [-0.4, -0.2) is 66.8 Å². The summed E-state index contributed by atoms with van der Waals surface area (Å²) in [5.41, 5.74) is 0. The normalized spacial score (nSPS) is 18.5. The number of rotatable bonds is 7. The van der Waals surface area contributed by atoms with E-state index in [1.54, 1.807) is 0 Å². The molecule has 3 N–H and O–H groups in total. The van der Waals surface area contributed by atoms with Crippen molar-refractivity contribution in [1.82, 2.24) is 0 Å². The zero-order valence-electron chi connectivity index (χ0n) is 9.16. The summed E-state index contributed by atoms with van der Waals surface area (Å²) in [7, 11) is 1.42. The van der Waals surface area contributed by atoms with Crippen LogP contribution in [0.3, 0.4) is 0 Å². The molecule has 0 aliphatic rings. The molecule has 0 aliphatic heterocycles. The SMILES string of the molecule is C[N+](C)(C)CCOP(=O)(O)O[C@H](O)CO. The molecule has 1 unspecified atom stereocenters. The Morgan fingerprint density at radius 3 is 2.33 bits per heavy atom. The third-order valence-electron chi connectivity index (χ3n) is 1.43. The number of aliphatic hydroxyl groups excluding tert-OH is 2. The van der Waals surface area contributed by atoms with Crippen molar-refractivity contribution in [2.45, 2.75) is 6.29 Å². The fourth-order valence-corrected chi connectivity index (χ4v) is 1.39. The Labute approximate surface area is 89.1 Å². The zero-order valence-corrected chi connectivity index (χ0v) is 10.1. The summed E-state index contributed by atoms with van der Waals surface area (Å²) < 4.78 is 20.4. The van der Waals surface area contributed by atoms with Gasteiger partial charge in [0.1, 0.15) is 13.2 Å². The minimum atomic E-state index is -4.27. The van der Waals surface area contributed by atoms with Gasteiger partial charge in [-0.15, -0.1) is 0 Å². The minimum Gasteiger partial charge on any atom is -0.391 e. The first-order chi connectivity index (χ1) is 6.66. The Balaban J connectivity index is 3.90. The molecule has 92 valence electrons. The Kier molecular flexibility index (Phi) is 5.90. The first kappa shape index (κ1) is 15.0. The lowest BCUT2D eigenvalue weighted by Crippen LogP contribution is -2.37. The van der Waals surface area contributed by atoms with Crippen LogP contribution in [-0.2, 0) is 13.6 Å². The molecular formula is C7H19NO6P+. The number of hydrogen-bond acceptors (Lipinski definition) is 5. The van der Waals surface area contributed by atoms with E-state index in [4.69, 9.17) is 15.1 Å². The highest BCUT2D eigenvalue weighted by Crippen LogP contribution is 2.43. The maximum atomic E-state index is 11.1. The van der Waals surface area contributed by atoms with Gasteiger partial charge in [0.05, 0.1) is 27.7 Å². The highest BCUT2D eigenvalue weighted by molar-refractivity contribution is 7.47. The molecule has 0 aromatic carbocycles. The topological polar surface area (TPSA) is 96.2 Å². The maximum Gasteiger partial charge on any atom is 0.474 e. The van der Waals surface area contributed by atoms with E-state index in [1.807, 2.05) is 21.1 Å². The summed E-state index contributed by atoms with van der Waals surface area (Å²) in [5, 5.41) is 17.2. The molecule has 0 bridgehead atoms. The molecule has 0 saturated carbocycles. The highest BCUT2D eigenvalue weighted by Gasteiger charge is 2.25. The van der Waals surface area contributed by atoms with E-state index < -0.39 is 20.7 Å². The van der Waals surface area contributed by atoms with Gasteiger partial charge in [-0.1, -0.05) is 0 Å². The molecule has 0 aromatic rings. The van der Waals surface area contributed by atoms with Crippen molar-refractivity contribution in [3.63, 3.8) is 0 Å². The van der Waals surface area contributed by atoms with E-state index in [0.29, 0.717) is 11.0 Å². The van der Waals surface area contributed by atoms with Crippen LogP contribution in [0.25, 0.3) is 0 Å². The Morgan fingerprint density at radius 1 is 1.40 bits per heavy atom. The summed E-state index contributed by atoms with van der Waals surface area (Å²) in [4.78, 5) is 9.05. The number of phosphoric acid groups is 1. The highest BCUT2D eigenvalue weighted by atomic mass is 31.2. The molecule has 0 amide bonds. The van der Waals surface area contributed by atoms with Crippen molar-refractivity contribution in [2.75, 3.05) is 40.9 Å². The van der Waals surface area contributed by atoms with Crippen LogP contribution in [0.5, 0.6) is 0 Å². The lowest BCUT2D eigenvalue weighted by atomic mass is 10.5. The predicted octanol–water partition coefficient (Wildman–Crippen LogP) is -0.863. The van der Waals surface area contributed by atoms with Crippen LogP contribution in [0.2, 0.25) is 0 Å². The van der Waals surface area contributed by atoms with Crippen molar-refractivity contribution in [3.8, 4) is 0 Å². The molecule has 0 aromatic heterocycles. The molecular weight excluding hydrogens is 225 g/mol. The van der Waals surface area contributed by atoms with E-state index in [2.05, 4.69) is 9.05 Å². The molecule has 0 rings (SSSR count). The van der Waals surface area contributed by atoms with Gasteiger partial charge in [-0.25, -0.2) is 4.57 Å². The fourth-order valence-electron chi connectivity index (χ4n) is 0.648. The molecule has 15 heavy (non-hydrogen) atoms. The molecule has 0 fully saturated rings. The monoisotopic (exact) mass is 244 g/mol. The van der Waals surface area contributed by atoms with Gasteiger partial charge in [0.2, 0.25) is 0 Å². The van der Waals surface area contributed by atoms with E-state index >= 15 is 0 Å². The second-order valence-corrected chi connectivity index (χ2v) is 5.46. The van der Waals surface area contributed by atoms with Crippen molar-refractivity contribution in [1.29, 1.82) is 0 Å². The molecule has 0 spiro atoms. The number of hydrogen-bond donors (Lipinski definition) is 3. The van der Waals surface area contributed by atoms with Crippen molar-refractivity contribution in [3.05, 3.63) is 0 Å². The van der Waals surface area contributed by atoms with Crippen molar-refractivity contribution >= 4 is 7.82 Å². The summed E-state index contributed by atoms with van der Waals surface area (Å²) >= 11 is 0. The molecule has 0 heterocycles. The van der Waals surface area contributed by atoms with Crippen molar-refractivity contribution in [2.24, 2.45) is 0 Å². The maximum absolute atomic E-state index is 11.1. The zero-order chi connectivity index (χ0) is 12.1. The first-order valence-electron chi connectivity index (χ1n) is 4.41.